The number of rotatable bonds is 9. The van der Waals surface area contributed by atoms with Gasteiger partial charge in [-0.25, -0.2) is 0 Å². The van der Waals surface area contributed by atoms with Crippen molar-refractivity contribution in [2.75, 3.05) is 26.5 Å². The van der Waals surface area contributed by atoms with Gasteiger partial charge >= 0.3 is 0 Å². The molecule has 0 aliphatic rings. The van der Waals surface area contributed by atoms with Gasteiger partial charge in [0.05, 0.1) is 25.0 Å². The lowest BCUT2D eigenvalue weighted by Crippen LogP contribution is -2.30. The van der Waals surface area contributed by atoms with Crippen LogP contribution in [0.1, 0.15) is 17.0 Å². The number of para-hydroxylation sites is 2. The van der Waals surface area contributed by atoms with Crippen LogP contribution in [0.4, 0.5) is 0 Å². The monoisotopic (exact) mass is 480 g/mol. The molecule has 0 radical (unpaired) electrons. The largest absolute Gasteiger partial charge is 0.493 e. The molecule has 2 N–H and O–H groups in total. The third-order valence-corrected chi connectivity index (χ3v) is 7.02. The molecule has 1 heterocycles. The number of ether oxygens (including phenoxy) is 2. The van der Waals surface area contributed by atoms with Crippen molar-refractivity contribution in [3.05, 3.63) is 89.1 Å². The molecule has 1 atom stereocenters. The topological polar surface area (TPSA) is 63.3 Å². The van der Waals surface area contributed by atoms with Crippen molar-refractivity contribution in [3.63, 3.8) is 0 Å². The maximum Gasteiger partial charge on any atom is 0.230 e. The molecule has 0 aliphatic carbocycles. The average molecular weight is 481 g/mol. The van der Waals surface area contributed by atoms with Crippen molar-refractivity contribution >= 4 is 40.2 Å². The lowest BCUT2D eigenvalue weighted by atomic mass is 9.90. The van der Waals surface area contributed by atoms with Crippen LogP contribution in [0.5, 0.6) is 11.5 Å². The number of halogens is 1. The van der Waals surface area contributed by atoms with Crippen LogP contribution in [0.3, 0.4) is 0 Å². The van der Waals surface area contributed by atoms with E-state index in [1.807, 2.05) is 66.9 Å². The van der Waals surface area contributed by atoms with E-state index < -0.39 is 0 Å². The number of hydrogen-bond acceptors (Lipinski definition) is 4. The fourth-order valence-electron chi connectivity index (χ4n) is 3.93. The van der Waals surface area contributed by atoms with E-state index >= 15 is 0 Å². The standard InChI is InChI=1S/C26H25ClN2O3S/c1-31-23-12-7-9-18(26(23)32-2)20(19-14-28-22-11-5-3-8-17(19)22)15-29-25(30)16-33-24-13-6-4-10-21(24)27/h3-14,20,28H,15-16H2,1-2H3,(H,29,30). The molecule has 0 bridgehead atoms. The summed E-state index contributed by atoms with van der Waals surface area (Å²) in [7, 11) is 3.25. The molecule has 4 aromatic rings. The normalized spacial score (nSPS) is 11.8. The van der Waals surface area contributed by atoms with E-state index in [9.17, 15) is 4.79 Å². The van der Waals surface area contributed by atoms with E-state index in [0.29, 0.717) is 23.1 Å². The number of amides is 1. The van der Waals surface area contributed by atoms with Crippen LogP contribution in [0.25, 0.3) is 10.9 Å². The molecule has 1 unspecified atom stereocenters. The van der Waals surface area contributed by atoms with E-state index in [1.54, 1.807) is 14.2 Å². The molecule has 4 rings (SSSR count). The number of carbonyl (C=O) groups is 1. The predicted octanol–water partition coefficient (Wildman–Crippen LogP) is 5.88. The van der Waals surface area contributed by atoms with Crippen LogP contribution < -0.4 is 14.8 Å². The number of fused-ring (bicyclic) bond motifs is 1. The predicted molar refractivity (Wildman–Crippen MR) is 135 cm³/mol. The lowest BCUT2D eigenvalue weighted by Gasteiger charge is -2.22. The molecule has 33 heavy (non-hydrogen) atoms. The zero-order chi connectivity index (χ0) is 23.2. The van der Waals surface area contributed by atoms with E-state index in [-0.39, 0.29) is 17.6 Å². The van der Waals surface area contributed by atoms with Gasteiger partial charge in [-0.05, 0) is 29.8 Å². The first-order chi connectivity index (χ1) is 16.1. The van der Waals surface area contributed by atoms with Crippen molar-refractivity contribution in [1.82, 2.24) is 10.3 Å². The number of aromatic nitrogens is 1. The lowest BCUT2D eigenvalue weighted by molar-refractivity contribution is -0.118. The Hall–Kier alpha value is -3.09. The van der Waals surface area contributed by atoms with E-state index in [4.69, 9.17) is 21.1 Å². The van der Waals surface area contributed by atoms with Gasteiger partial charge in [-0.2, -0.15) is 0 Å². The highest BCUT2D eigenvalue weighted by molar-refractivity contribution is 8.00. The van der Waals surface area contributed by atoms with E-state index in [2.05, 4.69) is 16.4 Å². The molecular weight excluding hydrogens is 456 g/mol. The summed E-state index contributed by atoms with van der Waals surface area (Å²) in [6.07, 6.45) is 2.00. The molecule has 1 amide bonds. The summed E-state index contributed by atoms with van der Waals surface area (Å²) >= 11 is 7.64. The zero-order valence-electron chi connectivity index (χ0n) is 18.4. The number of thioether (sulfide) groups is 1. The first kappa shape index (κ1) is 23.1. The van der Waals surface area contributed by atoms with E-state index in [1.165, 1.54) is 11.8 Å². The van der Waals surface area contributed by atoms with Crippen molar-refractivity contribution in [1.29, 1.82) is 0 Å². The molecule has 3 aromatic carbocycles. The summed E-state index contributed by atoms with van der Waals surface area (Å²) in [6, 6.07) is 21.5. The van der Waals surface area contributed by atoms with Gasteiger partial charge in [-0.3, -0.25) is 4.79 Å². The SMILES string of the molecule is COc1cccc(C(CNC(=O)CSc2ccccc2Cl)c2c[nH]c3ccccc23)c1OC. The fourth-order valence-corrected chi connectivity index (χ4v) is 5.00. The van der Waals surface area contributed by atoms with Crippen LogP contribution in [0.2, 0.25) is 5.02 Å². The summed E-state index contributed by atoms with van der Waals surface area (Å²) in [6.45, 7) is 0.410. The van der Waals surface area contributed by atoms with Crippen LogP contribution in [0.15, 0.2) is 77.8 Å². The van der Waals surface area contributed by atoms with Crippen molar-refractivity contribution in [2.45, 2.75) is 10.8 Å². The Morgan fingerprint density at radius 2 is 1.79 bits per heavy atom. The second kappa shape index (κ2) is 10.7. The molecule has 0 saturated heterocycles. The molecule has 0 saturated carbocycles. The molecular formula is C26H25ClN2O3S. The number of methoxy groups -OCH3 is 2. The third kappa shape index (κ3) is 5.13. The molecule has 170 valence electrons. The number of carbonyl (C=O) groups excluding carboxylic acids is 1. The summed E-state index contributed by atoms with van der Waals surface area (Å²) < 4.78 is 11.2. The van der Waals surface area contributed by atoms with Crippen LogP contribution >= 0.6 is 23.4 Å². The maximum absolute atomic E-state index is 12.7. The van der Waals surface area contributed by atoms with Crippen LogP contribution in [-0.2, 0) is 4.79 Å². The molecule has 0 aliphatic heterocycles. The van der Waals surface area contributed by atoms with Crippen LogP contribution in [-0.4, -0.2) is 37.4 Å². The fraction of sp³-hybridized carbons (Fsp3) is 0.192. The Morgan fingerprint density at radius 1 is 1.00 bits per heavy atom. The summed E-state index contributed by atoms with van der Waals surface area (Å²) in [5.41, 5.74) is 3.07. The highest BCUT2D eigenvalue weighted by atomic mass is 35.5. The quantitative estimate of drug-likeness (QED) is 0.294. The summed E-state index contributed by atoms with van der Waals surface area (Å²) in [5, 5.41) is 4.85. The minimum Gasteiger partial charge on any atom is -0.493 e. The summed E-state index contributed by atoms with van der Waals surface area (Å²) in [5.74, 6) is 1.39. The Morgan fingerprint density at radius 3 is 2.58 bits per heavy atom. The van der Waals surface area contributed by atoms with Gasteiger partial charge in [0.15, 0.2) is 11.5 Å². The van der Waals surface area contributed by atoms with Crippen molar-refractivity contribution in [3.8, 4) is 11.5 Å². The van der Waals surface area contributed by atoms with E-state index in [0.717, 1.165) is 26.9 Å². The van der Waals surface area contributed by atoms with Gasteiger partial charge in [0.1, 0.15) is 0 Å². The molecule has 0 fully saturated rings. The van der Waals surface area contributed by atoms with Gasteiger partial charge in [-0.1, -0.05) is 54.1 Å². The highest BCUT2D eigenvalue weighted by Crippen LogP contribution is 2.40. The van der Waals surface area contributed by atoms with Gasteiger partial charge in [0, 0.05) is 40.0 Å². The van der Waals surface area contributed by atoms with Crippen molar-refractivity contribution < 1.29 is 14.3 Å². The summed E-state index contributed by atoms with van der Waals surface area (Å²) in [4.78, 5) is 17.0. The van der Waals surface area contributed by atoms with Crippen LogP contribution in [0, 0.1) is 0 Å². The number of H-pyrrole nitrogens is 1. The molecule has 7 heteroatoms. The molecule has 0 spiro atoms. The first-order valence-corrected chi connectivity index (χ1v) is 11.9. The third-order valence-electron chi connectivity index (χ3n) is 5.50. The molecule has 5 nitrogen and oxygen atoms in total. The minimum atomic E-state index is -0.138. The Labute approximate surface area is 202 Å². The molecule has 1 aromatic heterocycles. The second-order valence-corrected chi connectivity index (χ2v) is 8.87. The van der Waals surface area contributed by atoms with Gasteiger partial charge in [-0.15, -0.1) is 11.8 Å². The van der Waals surface area contributed by atoms with Gasteiger partial charge in [0.25, 0.3) is 0 Å². The number of aromatic amines is 1. The minimum absolute atomic E-state index is 0.0633. The Bertz CT molecular complexity index is 1260. The number of hydrogen-bond donors (Lipinski definition) is 2. The average Bonchev–Trinajstić information content (AvgIpc) is 3.27. The van der Waals surface area contributed by atoms with Gasteiger partial charge < -0.3 is 19.8 Å². The maximum atomic E-state index is 12.7. The Balaban J connectivity index is 1.60. The number of nitrogens with one attached hydrogen (secondary N) is 2. The second-order valence-electron chi connectivity index (χ2n) is 7.45. The first-order valence-electron chi connectivity index (χ1n) is 10.5. The van der Waals surface area contributed by atoms with Gasteiger partial charge in [0.2, 0.25) is 5.91 Å². The zero-order valence-corrected chi connectivity index (χ0v) is 20.0. The van der Waals surface area contributed by atoms with Crippen molar-refractivity contribution in [2.24, 2.45) is 0 Å². The smallest absolute Gasteiger partial charge is 0.230 e. The Kier molecular flexibility index (Phi) is 7.47. The highest BCUT2D eigenvalue weighted by Gasteiger charge is 2.24. The number of benzene rings is 3.